The predicted molar refractivity (Wildman–Crippen MR) is 414 cm³/mol. The molecule has 19 heteroatoms. The van der Waals surface area contributed by atoms with Crippen LogP contribution in [0.4, 0.5) is 0 Å². The molecule has 0 aliphatic heterocycles. The minimum atomic E-state index is -4.96. The minimum Gasteiger partial charge on any atom is -0.462 e. The Balaban J connectivity index is 5.24. The largest absolute Gasteiger partial charge is 0.472 e. The number of unbranched alkanes of at least 4 members (excludes halogenated alkanes) is 48. The van der Waals surface area contributed by atoms with Crippen molar-refractivity contribution < 1.29 is 80.2 Å². The van der Waals surface area contributed by atoms with Crippen molar-refractivity contribution in [3.63, 3.8) is 0 Å². The Bertz CT molecular complexity index is 1960. The van der Waals surface area contributed by atoms with Crippen molar-refractivity contribution in [1.82, 2.24) is 0 Å². The Labute approximate surface area is 619 Å². The number of phosphoric acid groups is 2. The van der Waals surface area contributed by atoms with E-state index in [9.17, 15) is 43.2 Å². The van der Waals surface area contributed by atoms with Gasteiger partial charge in [-0.25, -0.2) is 9.13 Å². The van der Waals surface area contributed by atoms with E-state index >= 15 is 0 Å². The van der Waals surface area contributed by atoms with Crippen LogP contribution in [0.1, 0.15) is 427 Å². The van der Waals surface area contributed by atoms with Crippen LogP contribution in [0.25, 0.3) is 0 Å². The molecule has 17 nitrogen and oxygen atoms in total. The summed E-state index contributed by atoms with van der Waals surface area (Å²) in [5.74, 6) is 0.169. The molecule has 0 amide bonds. The predicted octanol–water partition coefficient (Wildman–Crippen LogP) is 24.5. The fourth-order valence-electron chi connectivity index (χ4n) is 12.7. The van der Waals surface area contributed by atoms with Gasteiger partial charge in [-0.15, -0.1) is 0 Å². The zero-order valence-electron chi connectivity index (χ0n) is 66.4. The summed E-state index contributed by atoms with van der Waals surface area (Å²) in [5.41, 5.74) is 0. The second-order valence-corrected chi connectivity index (χ2v) is 33.8. The van der Waals surface area contributed by atoms with Gasteiger partial charge in [-0.3, -0.25) is 37.3 Å². The van der Waals surface area contributed by atoms with Crippen LogP contribution in [-0.4, -0.2) is 96.7 Å². The number of hydrogen-bond donors (Lipinski definition) is 3. The SMILES string of the molecule is CCCCCCCCCCCCCCCCCCCCC(=O)OC[C@H](COP(=O)(O)OC[C@@H](O)COP(=O)(O)OC[C@@H](COC(=O)CCCCCCCCCC(C)C)OC(=O)CCCCCCCCCCCCCC(C)C)OC(=O)CCCCCCCCCCCCCCCCCCC(C)C. The maximum atomic E-state index is 13.1. The highest BCUT2D eigenvalue weighted by Crippen LogP contribution is 2.45. The van der Waals surface area contributed by atoms with Crippen LogP contribution in [0.3, 0.4) is 0 Å². The molecular formula is C82H160O17P2. The first-order valence-electron chi connectivity index (χ1n) is 42.3. The zero-order chi connectivity index (χ0) is 74.4. The molecule has 101 heavy (non-hydrogen) atoms. The number of carbonyl (C=O) groups excluding carboxylic acids is 4. The van der Waals surface area contributed by atoms with E-state index in [-0.39, 0.29) is 25.7 Å². The fraction of sp³-hybridized carbons (Fsp3) is 0.951. The van der Waals surface area contributed by atoms with E-state index in [0.29, 0.717) is 31.6 Å². The van der Waals surface area contributed by atoms with Gasteiger partial charge in [0, 0.05) is 25.7 Å². The first kappa shape index (κ1) is 99.1. The highest BCUT2D eigenvalue weighted by molar-refractivity contribution is 7.47. The van der Waals surface area contributed by atoms with Crippen molar-refractivity contribution in [2.75, 3.05) is 39.6 Å². The highest BCUT2D eigenvalue weighted by Gasteiger charge is 2.30. The summed E-state index contributed by atoms with van der Waals surface area (Å²) in [5, 5.41) is 10.6. The number of aliphatic hydroxyl groups excluding tert-OH is 1. The van der Waals surface area contributed by atoms with Gasteiger partial charge in [0.15, 0.2) is 12.2 Å². The van der Waals surface area contributed by atoms with Crippen LogP contribution in [0.2, 0.25) is 0 Å². The molecule has 600 valence electrons. The van der Waals surface area contributed by atoms with Crippen molar-refractivity contribution in [3.8, 4) is 0 Å². The summed E-state index contributed by atoms with van der Waals surface area (Å²) in [6, 6.07) is 0. The average molecular weight is 1480 g/mol. The normalized spacial score (nSPS) is 14.0. The number of hydrogen-bond acceptors (Lipinski definition) is 15. The molecular weight excluding hydrogens is 1320 g/mol. The molecule has 0 aromatic carbocycles. The Morgan fingerprint density at radius 3 is 0.673 bits per heavy atom. The number of ether oxygens (including phenoxy) is 4. The first-order valence-corrected chi connectivity index (χ1v) is 45.3. The number of carbonyl (C=O) groups is 4. The molecule has 0 radical (unpaired) electrons. The van der Waals surface area contributed by atoms with Crippen LogP contribution in [0, 0.1) is 17.8 Å². The molecule has 0 saturated carbocycles. The van der Waals surface area contributed by atoms with Gasteiger partial charge in [0.25, 0.3) is 0 Å². The zero-order valence-corrected chi connectivity index (χ0v) is 68.2. The molecule has 0 fully saturated rings. The summed E-state index contributed by atoms with van der Waals surface area (Å²) >= 11 is 0. The summed E-state index contributed by atoms with van der Waals surface area (Å²) in [6.45, 7) is 11.9. The van der Waals surface area contributed by atoms with Gasteiger partial charge < -0.3 is 33.8 Å². The lowest BCUT2D eigenvalue weighted by atomic mass is 10.0. The van der Waals surface area contributed by atoms with Crippen LogP contribution >= 0.6 is 15.6 Å². The van der Waals surface area contributed by atoms with E-state index in [1.54, 1.807) is 0 Å². The maximum absolute atomic E-state index is 13.1. The van der Waals surface area contributed by atoms with Crippen molar-refractivity contribution in [2.24, 2.45) is 17.8 Å². The van der Waals surface area contributed by atoms with Crippen LogP contribution in [0.15, 0.2) is 0 Å². The molecule has 3 N–H and O–H groups in total. The number of esters is 4. The lowest BCUT2D eigenvalue weighted by Gasteiger charge is -2.21. The van der Waals surface area contributed by atoms with E-state index in [4.69, 9.17) is 37.0 Å². The van der Waals surface area contributed by atoms with Gasteiger partial charge in [-0.05, 0) is 43.4 Å². The van der Waals surface area contributed by atoms with E-state index in [0.717, 1.165) is 108 Å². The number of aliphatic hydroxyl groups is 1. The average Bonchev–Trinajstić information content (AvgIpc) is 0.954. The summed E-state index contributed by atoms with van der Waals surface area (Å²) in [7, 11) is -9.92. The van der Waals surface area contributed by atoms with Crippen LogP contribution < -0.4 is 0 Å². The molecule has 0 bridgehead atoms. The van der Waals surface area contributed by atoms with Gasteiger partial charge in [0.05, 0.1) is 26.4 Å². The van der Waals surface area contributed by atoms with Crippen molar-refractivity contribution in [2.45, 2.75) is 446 Å². The third-order valence-electron chi connectivity index (χ3n) is 19.1. The Morgan fingerprint density at radius 1 is 0.267 bits per heavy atom. The molecule has 0 aliphatic rings. The molecule has 0 aliphatic carbocycles. The Morgan fingerprint density at radius 2 is 0.455 bits per heavy atom. The van der Waals surface area contributed by atoms with E-state index in [1.807, 2.05) is 0 Å². The molecule has 0 rings (SSSR count). The summed E-state index contributed by atoms with van der Waals surface area (Å²) in [6.07, 6.45) is 61.2. The maximum Gasteiger partial charge on any atom is 0.472 e. The molecule has 0 spiro atoms. The minimum absolute atomic E-state index is 0.106. The van der Waals surface area contributed by atoms with Gasteiger partial charge in [0.2, 0.25) is 0 Å². The molecule has 0 aromatic heterocycles. The third-order valence-corrected chi connectivity index (χ3v) is 21.0. The lowest BCUT2D eigenvalue weighted by molar-refractivity contribution is -0.161. The quantitative estimate of drug-likeness (QED) is 0.0222. The van der Waals surface area contributed by atoms with Gasteiger partial charge in [-0.2, -0.15) is 0 Å². The monoisotopic (exact) mass is 1480 g/mol. The lowest BCUT2D eigenvalue weighted by Crippen LogP contribution is -2.30. The molecule has 0 aromatic rings. The van der Waals surface area contributed by atoms with Gasteiger partial charge >= 0.3 is 39.5 Å². The molecule has 0 heterocycles. The molecule has 5 atom stereocenters. The second-order valence-electron chi connectivity index (χ2n) is 30.9. The second kappa shape index (κ2) is 72.3. The standard InChI is InChI=1S/C82H160O17P2/c1-8-9-10-11-12-13-14-15-16-17-18-22-25-30-35-42-49-56-63-79(84)92-69-77(98-81(86)65-58-51-43-36-31-26-23-20-19-21-24-28-33-39-46-53-60-73(2)3)71-96-100(88,89)94-67-76(83)68-95-101(90,91)97-72-78(70-93-80(85)64-57-50-45-38-41-48-55-62-75(6)7)99-82(87)66-59-52-44-37-32-27-29-34-40-47-54-61-74(4)5/h73-78,83H,8-72H2,1-7H3,(H,88,89)(H,90,91)/t76-,77-,78-/m1/s1. The summed E-state index contributed by atoms with van der Waals surface area (Å²) in [4.78, 5) is 73.0. The first-order chi connectivity index (χ1) is 48.7. The van der Waals surface area contributed by atoms with Crippen LogP contribution in [-0.2, 0) is 65.4 Å². The van der Waals surface area contributed by atoms with E-state index in [1.165, 1.54) is 231 Å². The molecule has 2 unspecified atom stereocenters. The number of phosphoric ester groups is 2. The van der Waals surface area contributed by atoms with Gasteiger partial charge in [0.1, 0.15) is 19.3 Å². The van der Waals surface area contributed by atoms with Gasteiger partial charge in [-0.1, -0.05) is 376 Å². The van der Waals surface area contributed by atoms with Crippen molar-refractivity contribution in [1.29, 1.82) is 0 Å². The van der Waals surface area contributed by atoms with Crippen molar-refractivity contribution >= 4 is 39.5 Å². The highest BCUT2D eigenvalue weighted by atomic mass is 31.2. The Hall–Kier alpha value is -1.94. The number of rotatable bonds is 80. The fourth-order valence-corrected chi connectivity index (χ4v) is 14.2. The molecule has 0 saturated heterocycles. The van der Waals surface area contributed by atoms with Crippen molar-refractivity contribution in [3.05, 3.63) is 0 Å². The Kier molecular flexibility index (Phi) is 70.9. The van der Waals surface area contributed by atoms with E-state index < -0.39 is 97.5 Å². The third kappa shape index (κ3) is 76.1. The topological polar surface area (TPSA) is 237 Å². The summed E-state index contributed by atoms with van der Waals surface area (Å²) < 4.78 is 68.7. The van der Waals surface area contributed by atoms with Crippen LogP contribution in [0.5, 0.6) is 0 Å². The van der Waals surface area contributed by atoms with E-state index in [2.05, 4.69) is 48.5 Å². The smallest absolute Gasteiger partial charge is 0.462 e.